The highest BCUT2D eigenvalue weighted by molar-refractivity contribution is 6.17. The van der Waals surface area contributed by atoms with Crippen LogP contribution in [0.15, 0.2) is 30.3 Å². The summed E-state index contributed by atoms with van der Waals surface area (Å²) in [5, 5.41) is 16.3. The highest BCUT2D eigenvalue weighted by Gasteiger charge is 2.18. The van der Waals surface area contributed by atoms with Crippen LogP contribution >= 0.6 is 0 Å². The van der Waals surface area contributed by atoms with E-state index in [1.165, 1.54) is 0 Å². The third-order valence-corrected chi connectivity index (χ3v) is 1.70. The van der Waals surface area contributed by atoms with Crippen LogP contribution in [0.2, 0.25) is 0 Å². The summed E-state index contributed by atoms with van der Waals surface area (Å²) in [6.45, 7) is 0. The van der Waals surface area contributed by atoms with Crippen LogP contribution in [0.1, 0.15) is 0 Å². The van der Waals surface area contributed by atoms with E-state index in [1.54, 1.807) is 30.3 Å². The molecule has 0 aliphatic carbocycles. The Balaban J connectivity index is 2.97. The van der Waals surface area contributed by atoms with E-state index in [-0.39, 0.29) is 0 Å². The van der Waals surface area contributed by atoms with Gasteiger partial charge < -0.3 is 11.5 Å². The van der Waals surface area contributed by atoms with Gasteiger partial charge in [0.1, 0.15) is 0 Å². The number of nitrogens with one attached hydrogen (secondary N) is 3. The summed E-state index contributed by atoms with van der Waals surface area (Å²) in [4.78, 5) is 12.5. The molecular formula is C9H12N6O. The minimum atomic E-state index is -0.744. The largest absolute Gasteiger partial charge is 0.370 e. The van der Waals surface area contributed by atoms with Crippen LogP contribution in [0, 0.1) is 10.8 Å². The molecule has 1 aromatic carbocycles. The average molecular weight is 220 g/mol. The lowest BCUT2D eigenvalue weighted by Gasteiger charge is -2.20. The molecule has 1 rings (SSSR count). The van der Waals surface area contributed by atoms with Gasteiger partial charge in [0, 0.05) is 0 Å². The molecule has 0 aliphatic rings. The number of nitrogens with two attached hydrogens (primary N) is 2. The second-order valence-corrected chi connectivity index (χ2v) is 2.90. The first-order valence-electron chi connectivity index (χ1n) is 4.36. The van der Waals surface area contributed by atoms with Crippen molar-refractivity contribution in [1.29, 1.82) is 10.8 Å². The van der Waals surface area contributed by atoms with Crippen molar-refractivity contribution in [1.82, 2.24) is 5.32 Å². The number of urea groups is 1. The van der Waals surface area contributed by atoms with E-state index in [1.807, 2.05) is 5.32 Å². The van der Waals surface area contributed by atoms with Gasteiger partial charge in [0.2, 0.25) is 5.96 Å². The molecule has 2 amide bonds. The van der Waals surface area contributed by atoms with Gasteiger partial charge in [0.05, 0.1) is 5.69 Å². The van der Waals surface area contributed by atoms with Gasteiger partial charge >= 0.3 is 6.03 Å². The Bertz CT molecular complexity index is 415. The number of anilines is 1. The first-order chi connectivity index (χ1) is 7.52. The molecule has 0 aromatic heterocycles. The molecule has 0 radical (unpaired) electrons. The molecule has 7 N–H and O–H groups in total. The lowest BCUT2D eigenvalue weighted by atomic mass is 10.3. The fraction of sp³-hybridized carbons (Fsp3) is 0. The first kappa shape index (κ1) is 11.5. The number of carbonyl (C=O) groups excluding carboxylic acids is 1. The van der Waals surface area contributed by atoms with Crippen LogP contribution < -0.4 is 21.7 Å². The topological polar surface area (TPSA) is 132 Å². The smallest absolute Gasteiger partial charge is 0.335 e. The molecule has 0 spiro atoms. The normalized spacial score (nSPS) is 9.25. The van der Waals surface area contributed by atoms with E-state index in [9.17, 15) is 4.79 Å². The highest BCUT2D eigenvalue weighted by Crippen LogP contribution is 2.12. The maximum Gasteiger partial charge on any atom is 0.335 e. The van der Waals surface area contributed by atoms with Gasteiger partial charge in [-0.05, 0) is 12.1 Å². The maximum atomic E-state index is 11.6. The zero-order valence-corrected chi connectivity index (χ0v) is 8.40. The van der Waals surface area contributed by atoms with Crippen LogP contribution in [0.5, 0.6) is 0 Å². The molecule has 7 nitrogen and oxygen atoms in total. The zero-order valence-electron chi connectivity index (χ0n) is 8.40. The lowest BCUT2D eigenvalue weighted by molar-refractivity contribution is 0.253. The van der Waals surface area contributed by atoms with Gasteiger partial charge in [0.15, 0.2) is 5.96 Å². The van der Waals surface area contributed by atoms with E-state index >= 15 is 0 Å². The van der Waals surface area contributed by atoms with Crippen molar-refractivity contribution in [2.75, 3.05) is 4.90 Å². The highest BCUT2D eigenvalue weighted by atomic mass is 16.2. The minimum Gasteiger partial charge on any atom is -0.370 e. The standard InChI is InChI=1S/C9H12N6O/c10-7(11)14-9(16)15(8(12)13)6-4-2-1-3-5-6/h1-5H,(H3,12,13)(H4,10,11,14,16). The predicted octanol–water partition coefficient (Wildman–Crippen LogP) is -0.0105. The molecule has 0 saturated carbocycles. The van der Waals surface area contributed by atoms with Crippen LogP contribution in [-0.2, 0) is 0 Å². The Hall–Kier alpha value is -2.57. The number of hydrogen-bond acceptors (Lipinski definition) is 3. The molecule has 0 aliphatic heterocycles. The Kier molecular flexibility index (Phi) is 3.44. The predicted molar refractivity (Wildman–Crippen MR) is 61.3 cm³/mol. The second-order valence-electron chi connectivity index (χ2n) is 2.90. The Morgan fingerprint density at radius 2 is 1.75 bits per heavy atom. The molecule has 1 aromatic rings. The van der Waals surface area contributed by atoms with Crippen molar-refractivity contribution < 1.29 is 4.79 Å². The fourth-order valence-corrected chi connectivity index (χ4v) is 1.11. The van der Waals surface area contributed by atoms with Gasteiger partial charge in [-0.3, -0.25) is 16.1 Å². The average Bonchev–Trinajstić information content (AvgIpc) is 2.17. The Morgan fingerprint density at radius 3 is 2.19 bits per heavy atom. The minimum absolute atomic E-state index is 0.425. The van der Waals surface area contributed by atoms with E-state index in [0.717, 1.165) is 4.90 Å². The first-order valence-corrected chi connectivity index (χ1v) is 4.36. The summed E-state index contributed by atoms with van der Waals surface area (Å²) in [5.74, 6) is -0.961. The van der Waals surface area contributed by atoms with Gasteiger partial charge in [-0.15, -0.1) is 0 Å². The molecule has 0 bridgehead atoms. The van der Waals surface area contributed by atoms with Crippen molar-refractivity contribution in [3.05, 3.63) is 30.3 Å². The van der Waals surface area contributed by atoms with E-state index in [0.29, 0.717) is 5.69 Å². The number of guanidine groups is 2. The lowest BCUT2D eigenvalue weighted by Crippen LogP contribution is -2.50. The fourth-order valence-electron chi connectivity index (χ4n) is 1.11. The second kappa shape index (κ2) is 4.78. The zero-order chi connectivity index (χ0) is 12.1. The number of carbonyl (C=O) groups is 1. The molecule has 0 fully saturated rings. The number of rotatable bonds is 1. The van der Waals surface area contributed by atoms with Crippen molar-refractivity contribution >= 4 is 23.6 Å². The molecule has 84 valence electrons. The van der Waals surface area contributed by atoms with E-state index in [2.05, 4.69) is 0 Å². The SMILES string of the molecule is N=C(N)NC(=O)N(C(=N)N)c1ccccc1. The van der Waals surface area contributed by atoms with Crippen molar-refractivity contribution in [2.24, 2.45) is 11.5 Å². The summed E-state index contributed by atoms with van der Waals surface area (Å²) >= 11 is 0. The van der Waals surface area contributed by atoms with E-state index < -0.39 is 18.0 Å². The number of para-hydroxylation sites is 1. The molecule has 0 heterocycles. The summed E-state index contributed by atoms with van der Waals surface area (Å²) in [6, 6.07) is 7.65. The molecule has 16 heavy (non-hydrogen) atoms. The summed E-state index contributed by atoms with van der Waals surface area (Å²) in [7, 11) is 0. The molecular weight excluding hydrogens is 208 g/mol. The summed E-state index contributed by atoms with van der Waals surface area (Å²) < 4.78 is 0. The third kappa shape index (κ3) is 2.71. The molecule has 7 heteroatoms. The van der Waals surface area contributed by atoms with Crippen LogP contribution in [0.25, 0.3) is 0 Å². The van der Waals surface area contributed by atoms with E-state index in [4.69, 9.17) is 22.3 Å². The number of hydrogen-bond donors (Lipinski definition) is 5. The van der Waals surface area contributed by atoms with Gasteiger partial charge in [0.25, 0.3) is 0 Å². The maximum absolute atomic E-state index is 11.6. The molecule has 0 unspecified atom stereocenters. The Labute approximate surface area is 92.0 Å². The Morgan fingerprint density at radius 1 is 1.19 bits per heavy atom. The van der Waals surface area contributed by atoms with Gasteiger partial charge in [-0.1, -0.05) is 18.2 Å². The van der Waals surface area contributed by atoms with Crippen LogP contribution in [-0.4, -0.2) is 18.0 Å². The van der Waals surface area contributed by atoms with Crippen molar-refractivity contribution in [3.8, 4) is 0 Å². The number of amides is 2. The molecule has 0 atom stereocenters. The quantitative estimate of drug-likeness (QED) is 0.336. The van der Waals surface area contributed by atoms with Crippen LogP contribution in [0.3, 0.4) is 0 Å². The van der Waals surface area contributed by atoms with Crippen LogP contribution in [0.4, 0.5) is 10.5 Å². The molecule has 0 saturated heterocycles. The van der Waals surface area contributed by atoms with Crippen molar-refractivity contribution in [3.63, 3.8) is 0 Å². The number of nitrogens with zero attached hydrogens (tertiary/aromatic N) is 1. The summed E-state index contributed by atoms with van der Waals surface area (Å²) in [6.07, 6.45) is 0. The monoisotopic (exact) mass is 220 g/mol. The van der Waals surface area contributed by atoms with Gasteiger partial charge in [-0.25, -0.2) is 9.69 Å². The summed E-state index contributed by atoms with van der Waals surface area (Å²) in [5.41, 5.74) is 10.7. The van der Waals surface area contributed by atoms with Crippen molar-refractivity contribution in [2.45, 2.75) is 0 Å². The number of benzene rings is 1. The van der Waals surface area contributed by atoms with Gasteiger partial charge in [-0.2, -0.15) is 0 Å². The third-order valence-electron chi connectivity index (χ3n) is 1.70.